The largest absolute Gasteiger partial charge is 0.480 e. The molecule has 0 atom stereocenters. The minimum absolute atomic E-state index is 0.154. The van der Waals surface area contributed by atoms with E-state index < -0.39 is 25.0 Å². The van der Waals surface area contributed by atoms with Crippen LogP contribution in [0.2, 0.25) is 0 Å². The highest BCUT2D eigenvalue weighted by atomic mass is 16.4. The Kier molecular flexibility index (Phi) is 5.57. The van der Waals surface area contributed by atoms with Crippen molar-refractivity contribution in [2.75, 3.05) is 32.7 Å². The first-order valence-electron chi connectivity index (χ1n) is 5.92. The van der Waals surface area contributed by atoms with Crippen LogP contribution in [0.15, 0.2) is 0 Å². The number of carboxylic acids is 2. The third-order valence-electron chi connectivity index (χ3n) is 2.79. The first kappa shape index (κ1) is 14.4. The summed E-state index contributed by atoms with van der Waals surface area (Å²) in [5.74, 6) is -2.47. The summed E-state index contributed by atoms with van der Waals surface area (Å²) in [4.78, 5) is 35.8. The lowest BCUT2D eigenvalue weighted by Gasteiger charge is -2.28. The van der Waals surface area contributed by atoms with E-state index in [0.29, 0.717) is 13.1 Å². The lowest BCUT2D eigenvalue weighted by atomic mass is 10.1. The van der Waals surface area contributed by atoms with Crippen LogP contribution in [-0.2, 0) is 14.4 Å². The second kappa shape index (κ2) is 6.95. The lowest BCUT2D eigenvalue weighted by Crippen LogP contribution is -2.45. The summed E-state index contributed by atoms with van der Waals surface area (Å²) < 4.78 is 0. The number of amides is 1. The van der Waals surface area contributed by atoms with Gasteiger partial charge in [-0.15, -0.1) is 0 Å². The molecule has 0 aliphatic carbocycles. The Hall–Kier alpha value is -1.63. The Balaban J connectivity index is 2.49. The summed E-state index contributed by atoms with van der Waals surface area (Å²) in [6, 6.07) is 0. The number of nitrogens with zero attached hydrogens (tertiary/aromatic N) is 2. The molecule has 102 valence electrons. The number of rotatable bonds is 6. The van der Waals surface area contributed by atoms with E-state index in [-0.39, 0.29) is 12.5 Å². The molecular weight excluding hydrogens is 240 g/mol. The van der Waals surface area contributed by atoms with Gasteiger partial charge in [-0.2, -0.15) is 0 Å². The second-order valence-electron chi connectivity index (χ2n) is 4.37. The molecule has 1 heterocycles. The Bertz CT molecular complexity index is 309. The summed E-state index contributed by atoms with van der Waals surface area (Å²) in [5.41, 5.74) is 0. The fraction of sp³-hybridized carbons (Fsp3) is 0.727. The zero-order valence-corrected chi connectivity index (χ0v) is 10.2. The predicted octanol–water partition coefficient (Wildman–Crippen LogP) is -0.530. The molecule has 0 saturated carbocycles. The monoisotopic (exact) mass is 258 g/mol. The van der Waals surface area contributed by atoms with Gasteiger partial charge in [0, 0.05) is 13.1 Å². The van der Waals surface area contributed by atoms with E-state index in [1.165, 1.54) is 0 Å². The van der Waals surface area contributed by atoms with E-state index in [1.54, 1.807) is 4.90 Å². The maximum absolute atomic E-state index is 11.9. The molecule has 0 aromatic heterocycles. The van der Waals surface area contributed by atoms with Crippen LogP contribution in [0.25, 0.3) is 0 Å². The topological polar surface area (TPSA) is 98.1 Å². The van der Waals surface area contributed by atoms with E-state index in [4.69, 9.17) is 10.2 Å². The summed E-state index contributed by atoms with van der Waals surface area (Å²) in [6.07, 6.45) is 2.99. The maximum Gasteiger partial charge on any atom is 0.317 e. The summed E-state index contributed by atoms with van der Waals surface area (Å²) >= 11 is 0. The molecule has 1 rings (SSSR count). The average Bonchev–Trinajstić information content (AvgIpc) is 2.28. The smallest absolute Gasteiger partial charge is 0.317 e. The molecule has 0 bridgehead atoms. The molecule has 0 radical (unpaired) electrons. The molecule has 0 aromatic carbocycles. The van der Waals surface area contributed by atoms with Gasteiger partial charge in [-0.1, -0.05) is 0 Å². The third-order valence-corrected chi connectivity index (χ3v) is 2.79. The predicted molar refractivity (Wildman–Crippen MR) is 62.1 cm³/mol. The minimum atomic E-state index is -1.14. The van der Waals surface area contributed by atoms with Gasteiger partial charge in [0.05, 0.1) is 19.6 Å². The van der Waals surface area contributed by atoms with E-state index in [1.807, 2.05) is 0 Å². The van der Waals surface area contributed by atoms with Gasteiger partial charge in [-0.3, -0.25) is 19.3 Å². The van der Waals surface area contributed by atoms with Crippen molar-refractivity contribution in [2.24, 2.45) is 0 Å². The molecule has 1 saturated heterocycles. The fourth-order valence-electron chi connectivity index (χ4n) is 1.98. The first-order chi connectivity index (χ1) is 8.49. The van der Waals surface area contributed by atoms with Gasteiger partial charge in [0.1, 0.15) is 0 Å². The van der Waals surface area contributed by atoms with Crippen LogP contribution in [0, 0.1) is 0 Å². The zero-order chi connectivity index (χ0) is 13.5. The Labute approximate surface area is 105 Å². The van der Waals surface area contributed by atoms with Gasteiger partial charge in [-0.05, 0) is 19.3 Å². The highest BCUT2D eigenvalue weighted by Gasteiger charge is 2.21. The Morgan fingerprint density at radius 3 is 1.83 bits per heavy atom. The molecule has 1 aliphatic heterocycles. The highest BCUT2D eigenvalue weighted by molar-refractivity contribution is 5.80. The average molecular weight is 258 g/mol. The normalized spacial score (nSPS) is 15.7. The van der Waals surface area contributed by atoms with E-state index in [2.05, 4.69) is 0 Å². The third kappa shape index (κ3) is 5.13. The molecule has 0 unspecified atom stereocenters. The van der Waals surface area contributed by atoms with Crippen molar-refractivity contribution in [1.29, 1.82) is 0 Å². The first-order valence-corrected chi connectivity index (χ1v) is 5.92. The molecule has 18 heavy (non-hydrogen) atoms. The van der Waals surface area contributed by atoms with Crippen LogP contribution < -0.4 is 0 Å². The van der Waals surface area contributed by atoms with E-state index in [9.17, 15) is 14.4 Å². The van der Waals surface area contributed by atoms with Crippen LogP contribution in [-0.4, -0.2) is 70.6 Å². The van der Waals surface area contributed by atoms with E-state index >= 15 is 0 Å². The quantitative estimate of drug-likeness (QED) is 0.664. The van der Waals surface area contributed by atoms with Crippen molar-refractivity contribution < 1.29 is 24.6 Å². The molecule has 0 spiro atoms. The summed E-state index contributed by atoms with van der Waals surface area (Å²) in [5, 5.41) is 17.3. The highest BCUT2D eigenvalue weighted by Crippen LogP contribution is 2.09. The van der Waals surface area contributed by atoms with Crippen LogP contribution in [0.1, 0.15) is 19.3 Å². The fourth-order valence-corrected chi connectivity index (χ4v) is 1.98. The number of carboxylic acid groups (broad SMARTS) is 2. The lowest BCUT2D eigenvalue weighted by molar-refractivity contribution is -0.143. The maximum atomic E-state index is 11.9. The molecule has 1 aliphatic rings. The number of likely N-dealkylation sites (tertiary alicyclic amines) is 1. The van der Waals surface area contributed by atoms with Crippen molar-refractivity contribution in [3.8, 4) is 0 Å². The summed E-state index contributed by atoms with van der Waals surface area (Å²) in [6.45, 7) is 0.315. The van der Waals surface area contributed by atoms with Crippen molar-refractivity contribution in [2.45, 2.75) is 19.3 Å². The molecule has 7 nitrogen and oxygen atoms in total. The van der Waals surface area contributed by atoms with Crippen molar-refractivity contribution in [1.82, 2.24) is 9.80 Å². The molecule has 2 N–H and O–H groups in total. The molecule has 1 fully saturated rings. The van der Waals surface area contributed by atoms with Crippen molar-refractivity contribution in [3.05, 3.63) is 0 Å². The van der Waals surface area contributed by atoms with Gasteiger partial charge in [-0.25, -0.2) is 0 Å². The molecule has 1 amide bonds. The standard InChI is InChI=1S/C11H18N2O5/c14-9(13-4-2-1-3-5-13)6-12(7-10(15)16)8-11(17)18/h1-8H2,(H,15,16)(H,17,18). The van der Waals surface area contributed by atoms with E-state index in [0.717, 1.165) is 24.2 Å². The Morgan fingerprint density at radius 1 is 0.889 bits per heavy atom. The van der Waals surface area contributed by atoms with Crippen LogP contribution in [0.3, 0.4) is 0 Å². The van der Waals surface area contributed by atoms with Gasteiger partial charge < -0.3 is 15.1 Å². The number of hydrogen-bond acceptors (Lipinski definition) is 4. The minimum Gasteiger partial charge on any atom is -0.480 e. The Morgan fingerprint density at radius 2 is 1.39 bits per heavy atom. The van der Waals surface area contributed by atoms with Crippen LogP contribution in [0.5, 0.6) is 0 Å². The number of piperidine rings is 1. The number of aliphatic carboxylic acids is 2. The van der Waals surface area contributed by atoms with Crippen molar-refractivity contribution >= 4 is 17.8 Å². The van der Waals surface area contributed by atoms with Gasteiger partial charge in [0.15, 0.2) is 0 Å². The second-order valence-corrected chi connectivity index (χ2v) is 4.37. The summed E-state index contributed by atoms with van der Waals surface area (Å²) in [7, 11) is 0. The van der Waals surface area contributed by atoms with Gasteiger partial charge in [0.2, 0.25) is 5.91 Å². The molecule has 0 aromatic rings. The van der Waals surface area contributed by atoms with Crippen LogP contribution in [0.4, 0.5) is 0 Å². The van der Waals surface area contributed by atoms with Gasteiger partial charge in [0.25, 0.3) is 0 Å². The number of carbonyl (C=O) groups excluding carboxylic acids is 1. The van der Waals surface area contributed by atoms with Gasteiger partial charge >= 0.3 is 11.9 Å². The SMILES string of the molecule is O=C(O)CN(CC(=O)O)CC(=O)N1CCCCC1. The van der Waals surface area contributed by atoms with Crippen molar-refractivity contribution in [3.63, 3.8) is 0 Å². The molecule has 7 heteroatoms. The molecular formula is C11H18N2O5. The zero-order valence-electron chi connectivity index (χ0n) is 10.2. The number of carbonyl (C=O) groups is 3. The van der Waals surface area contributed by atoms with Crippen LogP contribution >= 0.6 is 0 Å². The number of hydrogen-bond donors (Lipinski definition) is 2.